The fourth-order valence-electron chi connectivity index (χ4n) is 3.02. The zero-order valence-corrected chi connectivity index (χ0v) is 16.7. The summed E-state index contributed by atoms with van der Waals surface area (Å²) in [4.78, 5) is 16.4. The molecule has 3 aromatic rings. The first-order chi connectivity index (χ1) is 14.7. The molecule has 0 saturated heterocycles. The summed E-state index contributed by atoms with van der Waals surface area (Å²) < 4.78 is 5.14. The maximum atomic E-state index is 10.5. The number of unbranched alkanes of at least 4 members (excludes halogenated alkanes) is 1. The molecule has 1 N–H and O–H groups in total. The van der Waals surface area contributed by atoms with Gasteiger partial charge in [0.05, 0.1) is 0 Å². The molecule has 0 aliphatic heterocycles. The van der Waals surface area contributed by atoms with Crippen molar-refractivity contribution in [2.24, 2.45) is 5.16 Å². The summed E-state index contributed by atoms with van der Waals surface area (Å²) in [7, 11) is 0. The topological polar surface area (TPSA) is 68.1 Å². The Morgan fingerprint density at radius 3 is 2.07 bits per heavy atom. The highest BCUT2D eigenvalue weighted by atomic mass is 16.6. The molecule has 0 unspecified atom stereocenters. The summed E-state index contributed by atoms with van der Waals surface area (Å²) in [5.74, 6) is -0.425. The molecule has 3 rings (SSSR count). The molecule has 3 aromatic carbocycles. The largest absolute Gasteiger partial charge is 0.482 e. The van der Waals surface area contributed by atoms with Gasteiger partial charge in [-0.3, -0.25) is 0 Å². The van der Waals surface area contributed by atoms with Crippen molar-refractivity contribution in [3.05, 3.63) is 102 Å². The minimum absolute atomic E-state index is 0.234. The third-order valence-electron chi connectivity index (χ3n) is 4.53. The Balaban J connectivity index is 1.47. The van der Waals surface area contributed by atoms with Gasteiger partial charge in [-0.1, -0.05) is 78.0 Å². The van der Waals surface area contributed by atoms with Gasteiger partial charge >= 0.3 is 5.97 Å². The van der Waals surface area contributed by atoms with Gasteiger partial charge in [0.25, 0.3) is 0 Å². The second kappa shape index (κ2) is 11.4. The van der Waals surface area contributed by atoms with E-state index in [1.807, 2.05) is 79.0 Å². The summed E-state index contributed by atoms with van der Waals surface area (Å²) in [6, 6.07) is 27.6. The first kappa shape index (κ1) is 21.1. The molecule has 30 heavy (non-hydrogen) atoms. The number of carboxylic acids is 1. The molecule has 154 valence electrons. The van der Waals surface area contributed by atoms with E-state index in [1.165, 1.54) is 5.56 Å². The summed E-state index contributed by atoms with van der Waals surface area (Å²) in [5.41, 5.74) is 3.29. The molecule has 0 amide bonds. The van der Waals surface area contributed by atoms with Crippen LogP contribution in [-0.4, -0.2) is 23.9 Å². The zero-order chi connectivity index (χ0) is 21.0. The number of aryl methyl sites for hydroxylation is 1. The Labute approximate surface area is 176 Å². The monoisotopic (exact) mass is 403 g/mol. The minimum Gasteiger partial charge on any atom is -0.482 e. The highest BCUT2D eigenvalue weighted by Gasteiger charge is 2.14. The predicted molar refractivity (Wildman–Crippen MR) is 117 cm³/mol. The molecule has 0 radical (unpaired) electrons. The quantitative estimate of drug-likeness (QED) is 0.269. The van der Waals surface area contributed by atoms with Gasteiger partial charge < -0.3 is 14.7 Å². The summed E-state index contributed by atoms with van der Waals surface area (Å²) >= 11 is 0. The Hall–Kier alpha value is -3.60. The van der Waals surface area contributed by atoms with E-state index >= 15 is 0 Å². The number of aliphatic carboxylic acids is 1. The number of hydrogen-bond donors (Lipinski definition) is 1. The molecule has 0 heterocycles. The molecule has 5 nitrogen and oxygen atoms in total. The molecule has 5 heteroatoms. The van der Waals surface area contributed by atoms with Crippen molar-refractivity contribution in [2.45, 2.75) is 25.4 Å². The minimum atomic E-state index is -0.984. The van der Waals surface area contributed by atoms with Crippen molar-refractivity contribution < 1.29 is 19.5 Å². The third-order valence-corrected chi connectivity index (χ3v) is 4.53. The third kappa shape index (κ3) is 6.78. The van der Waals surface area contributed by atoms with Crippen LogP contribution in [0.3, 0.4) is 0 Å². The van der Waals surface area contributed by atoms with Gasteiger partial charge in [0.1, 0.15) is 5.75 Å². The molecule has 0 bridgehead atoms. The van der Waals surface area contributed by atoms with Crippen LogP contribution in [-0.2, 0) is 16.1 Å². The summed E-state index contributed by atoms with van der Waals surface area (Å²) in [5, 5.41) is 12.8. The zero-order valence-electron chi connectivity index (χ0n) is 16.7. The summed E-state index contributed by atoms with van der Waals surface area (Å²) in [6.07, 6.45) is 4.20. The first-order valence-corrected chi connectivity index (χ1v) is 9.93. The molecule has 0 aromatic heterocycles. The number of carbonyl (C=O) groups is 1. The van der Waals surface area contributed by atoms with E-state index in [9.17, 15) is 4.79 Å². The molecule has 0 atom stereocenters. The summed E-state index contributed by atoms with van der Waals surface area (Å²) in [6.45, 7) is -0.331. The van der Waals surface area contributed by atoms with Crippen LogP contribution < -0.4 is 4.74 Å². The lowest BCUT2D eigenvalue weighted by molar-refractivity contribution is -0.139. The van der Waals surface area contributed by atoms with Gasteiger partial charge in [-0.2, -0.15) is 0 Å². The lowest BCUT2D eigenvalue weighted by Crippen LogP contribution is -2.09. The average molecular weight is 403 g/mol. The van der Waals surface area contributed by atoms with Gasteiger partial charge in [0, 0.05) is 6.21 Å². The van der Waals surface area contributed by atoms with Gasteiger partial charge in [-0.25, -0.2) is 4.79 Å². The highest BCUT2D eigenvalue weighted by molar-refractivity contribution is 5.68. The Kier molecular flexibility index (Phi) is 8.03. The SMILES string of the molecule is O=C(O)COc1ccc(CCCC=NOC(c2ccccc2)c2ccccc2)cc1. The van der Waals surface area contributed by atoms with Crippen molar-refractivity contribution in [3.8, 4) is 5.75 Å². The Morgan fingerprint density at radius 2 is 1.50 bits per heavy atom. The second-order valence-corrected chi connectivity index (χ2v) is 6.81. The van der Waals surface area contributed by atoms with Crippen molar-refractivity contribution in [3.63, 3.8) is 0 Å². The fraction of sp³-hybridized carbons (Fsp3) is 0.200. The van der Waals surface area contributed by atoms with Gasteiger partial charge in [-0.05, 0) is 48.1 Å². The standard InChI is InChI=1S/C25H25NO4/c27-24(28)19-29-23-16-14-20(15-17-23)9-7-8-18-26-30-25(21-10-3-1-4-11-21)22-12-5-2-6-13-22/h1-6,10-18,25H,7-9,19H2,(H,27,28). The molecule has 0 saturated carbocycles. The van der Waals surface area contributed by atoms with Crippen molar-refractivity contribution in [1.29, 1.82) is 0 Å². The number of nitrogens with zero attached hydrogens (tertiary/aromatic N) is 1. The van der Waals surface area contributed by atoms with Crippen LogP contribution in [0.1, 0.15) is 35.6 Å². The van der Waals surface area contributed by atoms with E-state index in [1.54, 1.807) is 12.1 Å². The molecular weight excluding hydrogens is 378 g/mol. The number of ether oxygens (including phenoxy) is 1. The lowest BCUT2D eigenvalue weighted by atomic mass is 10.0. The first-order valence-electron chi connectivity index (χ1n) is 9.93. The lowest BCUT2D eigenvalue weighted by Gasteiger charge is -2.15. The van der Waals surface area contributed by atoms with E-state index < -0.39 is 5.97 Å². The van der Waals surface area contributed by atoms with E-state index in [0.29, 0.717) is 5.75 Å². The van der Waals surface area contributed by atoms with E-state index in [4.69, 9.17) is 14.7 Å². The van der Waals surface area contributed by atoms with Gasteiger partial charge in [0.2, 0.25) is 0 Å². The maximum Gasteiger partial charge on any atom is 0.341 e. The van der Waals surface area contributed by atoms with Crippen LogP contribution in [0.4, 0.5) is 0 Å². The van der Waals surface area contributed by atoms with Crippen LogP contribution in [0.15, 0.2) is 90.1 Å². The van der Waals surface area contributed by atoms with Gasteiger partial charge in [0.15, 0.2) is 12.7 Å². The van der Waals surface area contributed by atoms with Crippen LogP contribution in [0.5, 0.6) is 5.75 Å². The molecule has 0 spiro atoms. The average Bonchev–Trinajstić information content (AvgIpc) is 2.79. The number of carboxylic acid groups (broad SMARTS) is 1. The van der Waals surface area contributed by atoms with Crippen LogP contribution in [0.25, 0.3) is 0 Å². The van der Waals surface area contributed by atoms with Crippen molar-refractivity contribution in [1.82, 2.24) is 0 Å². The van der Waals surface area contributed by atoms with E-state index in [-0.39, 0.29) is 12.7 Å². The highest BCUT2D eigenvalue weighted by Crippen LogP contribution is 2.25. The van der Waals surface area contributed by atoms with Crippen molar-refractivity contribution in [2.75, 3.05) is 6.61 Å². The van der Waals surface area contributed by atoms with E-state index in [0.717, 1.165) is 30.4 Å². The van der Waals surface area contributed by atoms with Crippen LogP contribution in [0, 0.1) is 0 Å². The Morgan fingerprint density at radius 1 is 0.900 bits per heavy atom. The van der Waals surface area contributed by atoms with Crippen LogP contribution in [0.2, 0.25) is 0 Å². The van der Waals surface area contributed by atoms with Gasteiger partial charge in [-0.15, -0.1) is 0 Å². The second-order valence-electron chi connectivity index (χ2n) is 6.81. The number of benzene rings is 3. The predicted octanol–water partition coefficient (Wildman–Crippen LogP) is 5.26. The number of hydrogen-bond acceptors (Lipinski definition) is 4. The molecule has 0 aliphatic carbocycles. The van der Waals surface area contributed by atoms with E-state index in [2.05, 4.69) is 5.16 Å². The van der Waals surface area contributed by atoms with Crippen molar-refractivity contribution >= 4 is 12.2 Å². The number of oxime groups is 1. The molecule has 0 fully saturated rings. The normalized spacial score (nSPS) is 11.0. The maximum absolute atomic E-state index is 10.5. The Bertz CT molecular complexity index is 885. The molecule has 0 aliphatic rings. The fourth-order valence-corrected chi connectivity index (χ4v) is 3.02. The molecular formula is C25H25NO4. The number of rotatable bonds is 11. The van der Waals surface area contributed by atoms with Crippen LogP contribution >= 0.6 is 0 Å². The smallest absolute Gasteiger partial charge is 0.341 e.